The smallest absolute Gasteiger partial charge is 0.210 e. The Morgan fingerprint density at radius 1 is 0.605 bits per heavy atom. The summed E-state index contributed by atoms with van der Waals surface area (Å²) in [7, 11) is 3.87. The van der Waals surface area contributed by atoms with E-state index >= 15 is 0 Å². The van der Waals surface area contributed by atoms with Crippen molar-refractivity contribution >= 4 is 57.4 Å². The molecule has 2 N–H and O–H groups in total. The first-order chi connectivity index (χ1) is 36.2. The number of rotatable bonds is 14. The van der Waals surface area contributed by atoms with Gasteiger partial charge in [0.15, 0.2) is 22.9 Å². The lowest BCUT2D eigenvalue weighted by Gasteiger charge is -2.26. The fourth-order valence-corrected chi connectivity index (χ4v) is 10.5. The summed E-state index contributed by atoms with van der Waals surface area (Å²) in [5, 5.41) is 16.8. The molecule has 0 bridgehead atoms. The standard InChI is InChI=1S/2C28H33N7O3/c2*1-17(36)12-18-13-19(6-10-29-18)38-20-14-21-25(30-16-20)32-26(34(21)5)31-24-15-23(27(2,3)4)35(33-24)22-7-11-37-28(22)8-9-28/h2*6,10,13-16,22H,7-9,11-12H2,1-5H3,(H,30,31,32,33). The van der Waals surface area contributed by atoms with Gasteiger partial charge in [-0.1, -0.05) is 41.5 Å². The molecule has 76 heavy (non-hydrogen) atoms. The number of Topliss-reactive ketones (excluding diaryl/α,β-unsaturated/α-hetero) is 2. The maximum atomic E-state index is 11.4. The molecule has 4 aliphatic rings. The minimum Gasteiger partial charge on any atom is -0.456 e. The van der Waals surface area contributed by atoms with Gasteiger partial charge < -0.3 is 38.7 Å². The average molecular weight is 1030 g/mol. The van der Waals surface area contributed by atoms with Crippen molar-refractivity contribution in [2.75, 3.05) is 23.8 Å². The molecule has 2 saturated carbocycles. The fourth-order valence-electron chi connectivity index (χ4n) is 10.5. The number of imidazole rings is 2. The molecule has 2 atom stereocenters. The van der Waals surface area contributed by atoms with Gasteiger partial charge in [-0.2, -0.15) is 20.2 Å². The molecule has 2 saturated heterocycles. The normalized spacial score (nSPS) is 18.3. The second kappa shape index (κ2) is 19.2. The van der Waals surface area contributed by atoms with Crippen molar-refractivity contribution in [3.8, 4) is 23.0 Å². The molecule has 2 unspecified atom stereocenters. The molecular weight excluding hydrogens is 965 g/mol. The number of nitrogens with zero attached hydrogens (tertiary/aromatic N) is 12. The highest BCUT2D eigenvalue weighted by atomic mass is 16.5. The van der Waals surface area contributed by atoms with Crippen molar-refractivity contribution in [2.24, 2.45) is 14.1 Å². The maximum Gasteiger partial charge on any atom is 0.210 e. The van der Waals surface area contributed by atoms with Gasteiger partial charge in [-0.15, -0.1) is 0 Å². The van der Waals surface area contributed by atoms with E-state index in [0.717, 1.165) is 74.4 Å². The zero-order valence-electron chi connectivity index (χ0n) is 45.0. The predicted molar refractivity (Wildman–Crippen MR) is 286 cm³/mol. The van der Waals surface area contributed by atoms with Gasteiger partial charge in [-0.05, 0) is 64.5 Å². The Labute approximate surface area is 441 Å². The molecular formula is C56H66N14O6. The van der Waals surface area contributed by atoms with Gasteiger partial charge in [-0.25, -0.2) is 9.97 Å². The number of carbonyl (C=O) groups is 2. The summed E-state index contributed by atoms with van der Waals surface area (Å²) in [5.41, 5.74) is 6.32. The summed E-state index contributed by atoms with van der Waals surface area (Å²) >= 11 is 0. The molecule has 2 spiro atoms. The Hall–Kier alpha value is -7.58. The number of ketones is 2. The summed E-state index contributed by atoms with van der Waals surface area (Å²) in [6, 6.07) is 15.6. The topological polar surface area (TPSA) is 218 Å². The summed E-state index contributed by atoms with van der Waals surface area (Å²) in [5.74, 6) is 5.24. The van der Waals surface area contributed by atoms with Gasteiger partial charge in [0.05, 0.1) is 58.1 Å². The highest BCUT2D eigenvalue weighted by Gasteiger charge is 2.57. The van der Waals surface area contributed by atoms with E-state index in [2.05, 4.69) is 93.6 Å². The molecule has 8 aromatic rings. The molecule has 12 rings (SSSR count). The lowest BCUT2D eigenvalue weighted by Crippen LogP contribution is -2.28. The van der Waals surface area contributed by atoms with Crippen LogP contribution in [0.5, 0.6) is 23.0 Å². The van der Waals surface area contributed by atoms with E-state index in [9.17, 15) is 9.59 Å². The van der Waals surface area contributed by atoms with E-state index < -0.39 is 0 Å². The Morgan fingerprint density at radius 3 is 1.38 bits per heavy atom. The van der Waals surface area contributed by atoms with Crippen LogP contribution in [-0.2, 0) is 56.8 Å². The Bertz CT molecular complexity index is 3280. The van der Waals surface area contributed by atoms with Crippen molar-refractivity contribution < 1.29 is 28.5 Å². The third kappa shape index (κ3) is 10.3. The number of aryl methyl sites for hydroxylation is 2. The van der Waals surface area contributed by atoms with Crippen LogP contribution in [0.3, 0.4) is 0 Å². The number of nitrogens with one attached hydrogen (secondary N) is 2. The van der Waals surface area contributed by atoms with Crippen LogP contribution in [0.15, 0.2) is 73.3 Å². The van der Waals surface area contributed by atoms with Gasteiger partial charge in [-0.3, -0.25) is 28.9 Å². The van der Waals surface area contributed by atoms with Crippen LogP contribution in [0.2, 0.25) is 0 Å². The van der Waals surface area contributed by atoms with Crippen LogP contribution in [0.25, 0.3) is 22.3 Å². The van der Waals surface area contributed by atoms with Gasteiger partial charge >= 0.3 is 0 Å². The number of ether oxygens (including phenoxy) is 4. The zero-order valence-corrected chi connectivity index (χ0v) is 45.0. The summed E-state index contributed by atoms with van der Waals surface area (Å²) in [4.78, 5) is 49.8. The number of carbonyl (C=O) groups excluding carboxylic acids is 2. The second-order valence-corrected chi connectivity index (χ2v) is 22.8. The van der Waals surface area contributed by atoms with E-state index in [1.807, 2.05) is 35.4 Å². The highest BCUT2D eigenvalue weighted by molar-refractivity contribution is 5.79. The highest BCUT2D eigenvalue weighted by Crippen LogP contribution is 2.55. The summed E-state index contributed by atoms with van der Waals surface area (Å²) < 4.78 is 32.5. The first kappa shape index (κ1) is 50.6. The first-order valence-corrected chi connectivity index (χ1v) is 26.1. The van der Waals surface area contributed by atoms with Gasteiger partial charge in [0.25, 0.3) is 0 Å². The maximum absolute atomic E-state index is 11.4. The Morgan fingerprint density at radius 2 is 1.01 bits per heavy atom. The molecule has 20 nitrogen and oxygen atoms in total. The van der Waals surface area contributed by atoms with Crippen molar-refractivity contribution in [3.63, 3.8) is 0 Å². The van der Waals surface area contributed by atoms with Gasteiger partial charge in [0.2, 0.25) is 11.9 Å². The van der Waals surface area contributed by atoms with Crippen LogP contribution in [0.4, 0.5) is 23.5 Å². The van der Waals surface area contributed by atoms with Crippen LogP contribution >= 0.6 is 0 Å². The molecule has 0 amide bonds. The fraction of sp³-hybridized carbons (Fsp3) is 0.464. The number of hydrogen-bond acceptors (Lipinski definition) is 16. The molecule has 0 radical (unpaired) electrons. The average Bonchev–Trinajstić information content (AvgIpc) is 3.87. The lowest BCUT2D eigenvalue weighted by atomic mass is 9.91. The molecule has 396 valence electrons. The van der Waals surface area contributed by atoms with Crippen LogP contribution in [0.1, 0.15) is 129 Å². The van der Waals surface area contributed by atoms with Crippen LogP contribution in [0, 0.1) is 0 Å². The minimum absolute atomic E-state index is 0.0385. The largest absolute Gasteiger partial charge is 0.456 e. The van der Waals surface area contributed by atoms with E-state index in [4.69, 9.17) is 39.1 Å². The Balaban J connectivity index is 0.000000162. The monoisotopic (exact) mass is 1030 g/mol. The quantitative estimate of drug-likeness (QED) is 0.104. The number of pyridine rings is 4. The number of anilines is 4. The predicted octanol–water partition coefficient (Wildman–Crippen LogP) is 10.0. The first-order valence-electron chi connectivity index (χ1n) is 26.1. The summed E-state index contributed by atoms with van der Waals surface area (Å²) in [6.45, 7) is 17.9. The van der Waals surface area contributed by atoms with E-state index in [1.165, 1.54) is 11.4 Å². The third-order valence-corrected chi connectivity index (χ3v) is 14.7. The Kier molecular flexibility index (Phi) is 12.8. The van der Waals surface area contributed by atoms with Crippen LogP contribution < -0.4 is 20.1 Å². The molecule has 4 fully saturated rings. The molecule has 8 aromatic heterocycles. The number of fused-ring (bicyclic) bond motifs is 2. The van der Waals surface area contributed by atoms with Crippen molar-refractivity contribution in [2.45, 2.75) is 141 Å². The number of hydrogen-bond donors (Lipinski definition) is 2. The molecule has 0 aromatic carbocycles. The molecule has 20 heteroatoms. The van der Waals surface area contributed by atoms with Crippen molar-refractivity contribution in [1.82, 2.24) is 58.6 Å². The zero-order chi connectivity index (χ0) is 53.3. The van der Waals surface area contributed by atoms with Crippen molar-refractivity contribution in [1.29, 1.82) is 0 Å². The number of aromatic nitrogens is 12. The van der Waals surface area contributed by atoms with E-state index in [1.54, 1.807) is 62.9 Å². The van der Waals surface area contributed by atoms with Crippen LogP contribution in [-0.4, -0.2) is 94.6 Å². The molecule has 2 aliphatic heterocycles. The van der Waals surface area contributed by atoms with E-state index in [-0.39, 0.29) is 58.5 Å². The molecule has 10 heterocycles. The van der Waals surface area contributed by atoms with Gasteiger partial charge in [0, 0.05) is 111 Å². The SMILES string of the molecule is CC(=O)Cc1cc(Oc2cnc3nc(Nc4cc(C(C)(C)C)n(C5CCOC56CC6)n4)n(C)c3c2)ccn1.CC(=O)Cc1cc(Oc2cnc3nc(Nc4cc(C(C)(C)C)n(C5CCOC56CC6)n4)n(C)c3c2)ccn1. The van der Waals surface area contributed by atoms with Crippen molar-refractivity contribution in [3.05, 3.63) is 96.1 Å². The summed E-state index contributed by atoms with van der Waals surface area (Å²) in [6.07, 6.45) is 13.5. The third-order valence-electron chi connectivity index (χ3n) is 14.7. The molecule has 2 aliphatic carbocycles. The van der Waals surface area contributed by atoms with Gasteiger partial charge in [0.1, 0.15) is 34.6 Å². The second-order valence-electron chi connectivity index (χ2n) is 22.8. The lowest BCUT2D eigenvalue weighted by molar-refractivity contribution is -0.117. The van der Waals surface area contributed by atoms with E-state index in [0.29, 0.717) is 57.6 Å². The minimum atomic E-state index is -0.0665.